The molecule has 4 heteroatoms. The number of aryl methyl sites for hydroxylation is 2. The molecule has 0 saturated heterocycles. The minimum Gasteiger partial charge on any atom is -0.294 e. The standard InChI is InChI=1S/C15H13F2NO/c1-10-4-6-12(16)14(15(10)17)13(19)7-5-11-3-2-8-18-9-11/h2-4,6,8-9H,5,7H2,1H3. The molecule has 0 aliphatic rings. The van der Waals surface area contributed by atoms with Gasteiger partial charge in [0.25, 0.3) is 0 Å². The number of hydrogen-bond donors (Lipinski definition) is 0. The van der Waals surface area contributed by atoms with E-state index < -0.39 is 23.0 Å². The molecule has 0 unspecified atom stereocenters. The van der Waals surface area contributed by atoms with Crippen LogP contribution in [0.1, 0.15) is 27.9 Å². The summed E-state index contributed by atoms with van der Waals surface area (Å²) in [6.07, 6.45) is 3.74. The highest BCUT2D eigenvalue weighted by Crippen LogP contribution is 2.18. The molecule has 1 aromatic heterocycles. The van der Waals surface area contributed by atoms with E-state index in [1.54, 1.807) is 18.5 Å². The highest BCUT2D eigenvalue weighted by molar-refractivity contribution is 5.96. The lowest BCUT2D eigenvalue weighted by molar-refractivity contribution is 0.0974. The quantitative estimate of drug-likeness (QED) is 0.789. The van der Waals surface area contributed by atoms with E-state index in [1.165, 1.54) is 13.0 Å². The molecule has 0 bridgehead atoms. The number of halogens is 2. The van der Waals surface area contributed by atoms with E-state index in [0.717, 1.165) is 11.6 Å². The van der Waals surface area contributed by atoms with Crippen LogP contribution < -0.4 is 0 Å². The van der Waals surface area contributed by atoms with Crippen molar-refractivity contribution in [3.8, 4) is 0 Å². The van der Waals surface area contributed by atoms with Gasteiger partial charge in [-0.1, -0.05) is 12.1 Å². The van der Waals surface area contributed by atoms with Crippen LogP contribution in [-0.2, 0) is 6.42 Å². The average molecular weight is 261 g/mol. The molecule has 2 nitrogen and oxygen atoms in total. The van der Waals surface area contributed by atoms with E-state index in [1.807, 2.05) is 6.07 Å². The maximum atomic E-state index is 13.8. The second-order valence-corrected chi connectivity index (χ2v) is 4.34. The average Bonchev–Trinajstić information content (AvgIpc) is 2.42. The minimum absolute atomic E-state index is 0.0585. The van der Waals surface area contributed by atoms with Crippen molar-refractivity contribution in [2.45, 2.75) is 19.8 Å². The van der Waals surface area contributed by atoms with Gasteiger partial charge >= 0.3 is 0 Å². The van der Waals surface area contributed by atoms with Crippen molar-refractivity contribution >= 4 is 5.78 Å². The number of hydrogen-bond acceptors (Lipinski definition) is 2. The molecule has 0 aliphatic heterocycles. The van der Waals surface area contributed by atoms with E-state index in [-0.39, 0.29) is 12.0 Å². The Kier molecular flexibility index (Phi) is 4.00. The summed E-state index contributed by atoms with van der Waals surface area (Å²) in [5, 5.41) is 0. The van der Waals surface area contributed by atoms with Crippen LogP contribution in [0.5, 0.6) is 0 Å². The number of aromatic nitrogens is 1. The lowest BCUT2D eigenvalue weighted by atomic mass is 10.0. The van der Waals surface area contributed by atoms with Gasteiger partial charge in [-0.15, -0.1) is 0 Å². The topological polar surface area (TPSA) is 30.0 Å². The summed E-state index contributed by atoms with van der Waals surface area (Å²) in [7, 11) is 0. The second kappa shape index (κ2) is 5.69. The molecule has 2 rings (SSSR count). The van der Waals surface area contributed by atoms with E-state index in [4.69, 9.17) is 0 Å². The van der Waals surface area contributed by atoms with E-state index in [0.29, 0.717) is 6.42 Å². The van der Waals surface area contributed by atoms with Crippen LogP contribution in [0.4, 0.5) is 8.78 Å². The second-order valence-electron chi connectivity index (χ2n) is 4.34. The predicted octanol–water partition coefficient (Wildman–Crippen LogP) is 3.48. The molecular formula is C15H13F2NO. The predicted molar refractivity (Wildman–Crippen MR) is 68.0 cm³/mol. The monoisotopic (exact) mass is 261 g/mol. The maximum Gasteiger partial charge on any atom is 0.169 e. The van der Waals surface area contributed by atoms with Crippen molar-refractivity contribution in [3.05, 3.63) is 65.0 Å². The third-order valence-corrected chi connectivity index (χ3v) is 2.93. The van der Waals surface area contributed by atoms with Crippen LogP contribution in [0.15, 0.2) is 36.7 Å². The third-order valence-electron chi connectivity index (χ3n) is 2.93. The first-order chi connectivity index (χ1) is 9.09. The highest BCUT2D eigenvalue weighted by Gasteiger charge is 2.18. The van der Waals surface area contributed by atoms with Gasteiger partial charge in [0.2, 0.25) is 0 Å². The molecule has 0 amide bonds. The molecule has 0 spiro atoms. The van der Waals surface area contributed by atoms with Gasteiger partial charge in [-0.3, -0.25) is 9.78 Å². The first kappa shape index (κ1) is 13.3. The third kappa shape index (κ3) is 3.02. The van der Waals surface area contributed by atoms with E-state index in [9.17, 15) is 13.6 Å². The number of carbonyl (C=O) groups is 1. The largest absolute Gasteiger partial charge is 0.294 e. The van der Waals surface area contributed by atoms with Gasteiger partial charge in [-0.25, -0.2) is 8.78 Å². The van der Waals surface area contributed by atoms with Crippen LogP contribution in [0.3, 0.4) is 0 Å². The summed E-state index contributed by atoms with van der Waals surface area (Å²) in [6, 6.07) is 6.02. The summed E-state index contributed by atoms with van der Waals surface area (Å²) in [4.78, 5) is 15.8. The van der Waals surface area contributed by atoms with Gasteiger partial charge in [0.15, 0.2) is 5.78 Å². The molecule has 0 radical (unpaired) electrons. The molecule has 0 atom stereocenters. The number of Topliss-reactive ketones (excluding diaryl/α,β-unsaturated/α-hetero) is 1. The summed E-state index contributed by atoms with van der Waals surface area (Å²) < 4.78 is 27.3. The Bertz CT molecular complexity index is 597. The molecule has 0 saturated carbocycles. The van der Waals surface area contributed by atoms with Crippen molar-refractivity contribution in [3.63, 3.8) is 0 Å². The van der Waals surface area contributed by atoms with Crippen molar-refractivity contribution in [2.75, 3.05) is 0 Å². The lowest BCUT2D eigenvalue weighted by Gasteiger charge is -2.06. The minimum atomic E-state index is -0.806. The molecule has 0 fully saturated rings. The summed E-state index contributed by atoms with van der Waals surface area (Å²) in [5.74, 6) is -2.10. The molecule has 0 aliphatic carbocycles. The van der Waals surface area contributed by atoms with Crippen molar-refractivity contribution in [1.82, 2.24) is 4.98 Å². The van der Waals surface area contributed by atoms with E-state index >= 15 is 0 Å². The Morgan fingerprint density at radius 2 is 2.05 bits per heavy atom. The highest BCUT2D eigenvalue weighted by atomic mass is 19.1. The van der Waals surface area contributed by atoms with Crippen LogP contribution in [0.2, 0.25) is 0 Å². The van der Waals surface area contributed by atoms with Gasteiger partial charge in [0, 0.05) is 18.8 Å². The summed E-state index contributed by atoms with van der Waals surface area (Å²) >= 11 is 0. The fourth-order valence-corrected chi connectivity index (χ4v) is 1.84. The Balaban J connectivity index is 2.15. The summed E-state index contributed by atoms with van der Waals surface area (Å²) in [6.45, 7) is 1.51. The zero-order valence-electron chi connectivity index (χ0n) is 10.5. The molecule has 19 heavy (non-hydrogen) atoms. The van der Waals surface area contributed by atoms with Gasteiger partial charge in [-0.2, -0.15) is 0 Å². The van der Waals surface area contributed by atoms with Crippen molar-refractivity contribution < 1.29 is 13.6 Å². The van der Waals surface area contributed by atoms with Gasteiger partial charge in [0.05, 0.1) is 5.56 Å². The van der Waals surface area contributed by atoms with Crippen LogP contribution in [0.25, 0.3) is 0 Å². The number of pyridine rings is 1. The first-order valence-corrected chi connectivity index (χ1v) is 5.96. The molecule has 1 aromatic carbocycles. The number of rotatable bonds is 4. The molecule has 2 aromatic rings. The number of ketones is 1. The molecule has 0 N–H and O–H groups in total. The van der Waals surface area contributed by atoms with Gasteiger partial charge in [-0.05, 0) is 36.6 Å². The maximum absolute atomic E-state index is 13.8. The van der Waals surface area contributed by atoms with Crippen LogP contribution in [0, 0.1) is 18.6 Å². The number of nitrogens with zero attached hydrogens (tertiary/aromatic N) is 1. The zero-order valence-corrected chi connectivity index (χ0v) is 10.5. The first-order valence-electron chi connectivity index (χ1n) is 5.96. The molecular weight excluding hydrogens is 248 g/mol. The Morgan fingerprint density at radius 3 is 2.74 bits per heavy atom. The Labute approximate surface area is 110 Å². The molecule has 98 valence electrons. The van der Waals surface area contributed by atoms with Gasteiger partial charge in [0.1, 0.15) is 11.6 Å². The zero-order chi connectivity index (χ0) is 13.8. The Morgan fingerprint density at radius 1 is 1.26 bits per heavy atom. The smallest absolute Gasteiger partial charge is 0.169 e. The Hall–Kier alpha value is -2.10. The van der Waals surface area contributed by atoms with Crippen molar-refractivity contribution in [1.29, 1.82) is 0 Å². The SMILES string of the molecule is Cc1ccc(F)c(C(=O)CCc2cccnc2)c1F. The fraction of sp³-hybridized carbons (Fsp3) is 0.200. The van der Waals surface area contributed by atoms with Crippen molar-refractivity contribution in [2.24, 2.45) is 0 Å². The molecule has 1 heterocycles. The summed E-state index contributed by atoms with van der Waals surface area (Å²) in [5.41, 5.74) is 0.694. The van der Waals surface area contributed by atoms with Gasteiger partial charge < -0.3 is 0 Å². The fourth-order valence-electron chi connectivity index (χ4n) is 1.84. The number of carbonyl (C=O) groups excluding carboxylic acids is 1. The van der Waals surface area contributed by atoms with Crippen LogP contribution >= 0.6 is 0 Å². The number of benzene rings is 1. The van der Waals surface area contributed by atoms with E-state index in [2.05, 4.69) is 4.98 Å². The normalized spacial score (nSPS) is 10.5. The van der Waals surface area contributed by atoms with Crippen LogP contribution in [-0.4, -0.2) is 10.8 Å². The lowest BCUT2D eigenvalue weighted by Crippen LogP contribution is -2.08.